The standard InChI is InChI=1S/C14H20N2O3S/c1-10-15-9-12(20-10)13(17)16(2)11-3-5-14(6-4-11)18-7-8-19-14/h9,11H,3-8H2,1-2H3. The molecule has 20 heavy (non-hydrogen) atoms. The molecule has 1 amide bonds. The quantitative estimate of drug-likeness (QED) is 0.839. The Morgan fingerprint density at radius 3 is 2.60 bits per heavy atom. The number of nitrogens with zero attached hydrogens (tertiary/aromatic N) is 2. The topological polar surface area (TPSA) is 51.7 Å². The van der Waals surface area contributed by atoms with E-state index in [4.69, 9.17) is 9.47 Å². The maximum Gasteiger partial charge on any atom is 0.265 e. The number of carbonyl (C=O) groups is 1. The maximum absolute atomic E-state index is 12.4. The smallest absolute Gasteiger partial charge is 0.265 e. The summed E-state index contributed by atoms with van der Waals surface area (Å²) in [6.45, 7) is 3.31. The van der Waals surface area contributed by atoms with Crippen LogP contribution in [0.3, 0.4) is 0 Å². The first kappa shape index (κ1) is 14.0. The second-order valence-corrected chi connectivity index (χ2v) is 6.73. The highest BCUT2D eigenvalue weighted by Gasteiger charge is 2.41. The fourth-order valence-electron chi connectivity index (χ4n) is 3.02. The average molecular weight is 296 g/mol. The van der Waals surface area contributed by atoms with Crippen LogP contribution in [-0.2, 0) is 9.47 Å². The summed E-state index contributed by atoms with van der Waals surface area (Å²) in [7, 11) is 1.89. The number of ether oxygens (including phenoxy) is 2. The number of aromatic nitrogens is 1. The molecule has 2 aliphatic rings. The van der Waals surface area contributed by atoms with Crippen LogP contribution in [0, 0.1) is 6.92 Å². The summed E-state index contributed by atoms with van der Waals surface area (Å²) in [6.07, 6.45) is 5.28. The van der Waals surface area contributed by atoms with E-state index in [-0.39, 0.29) is 17.7 Å². The molecule has 1 saturated carbocycles. The predicted octanol–water partition coefficient (Wildman–Crippen LogP) is 2.21. The zero-order valence-electron chi connectivity index (χ0n) is 11.9. The third-order valence-corrected chi connectivity index (χ3v) is 5.13. The largest absolute Gasteiger partial charge is 0.348 e. The molecule has 1 spiro atoms. The Hall–Kier alpha value is -0.980. The van der Waals surface area contributed by atoms with Crippen molar-refractivity contribution in [3.63, 3.8) is 0 Å². The zero-order valence-corrected chi connectivity index (χ0v) is 12.7. The van der Waals surface area contributed by atoms with Crippen molar-refractivity contribution in [2.24, 2.45) is 0 Å². The zero-order chi connectivity index (χ0) is 14.2. The Kier molecular flexibility index (Phi) is 3.79. The van der Waals surface area contributed by atoms with Crippen molar-refractivity contribution in [1.82, 2.24) is 9.88 Å². The molecule has 0 aromatic carbocycles. The SMILES string of the molecule is Cc1ncc(C(=O)N(C)C2CCC3(CC2)OCCO3)s1. The molecule has 0 N–H and O–H groups in total. The fraction of sp³-hybridized carbons (Fsp3) is 0.714. The number of carbonyl (C=O) groups excluding carboxylic acids is 1. The molecule has 3 rings (SSSR count). The summed E-state index contributed by atoms with van der Waals surface area (Å²) < 4.78 is 11.4. The van der Waals surface area contributed by atoms with Gasteiger partial charge in [0.2, 0.25) is 0 Å². The number of hydrogen-bond acceptors (Lipinski definition) is 5. The molecule has 2 fully saturated rings. The average Bonchev–Trinajstić information content (AvgIpc) is 3.08. The lowest BCUT2D eigenvalue weighted by Crippen LogP contribution is -2.44. The first-order valence-corrected chi connectivity index (χ1v) is 7.89. The van der Waals surface area contributed by atoms with Gasteiger partial charge in [0, 0.05) is 25.9 Å². The Morgan fingerprint density at radius 2 is 2.05 bits per heavy atom. The number of hydrogen-bond donors (Lipinski definition) is 0. The highest BCUT2D eigenvalue weighted by atomic mass is 32.1. The lowest BCUT2D eigenvalue weighted by atomic mass is 9.89. The third-order valence-electron chi connectivity index (χ3n) is 4.23. The van der Waals surface area contributed by atoms with Crippen LogP contribution in [-0.4, -0.2) is 47.9 Å². The molecule has 1 aromatic heterocycles. The van der Waals surface area contributed by atoms with Gasteiger partial charge in [0.1, 0.15) is 4.88 Å². The van der Waals surface area contributed by atoms with E-state index in [1.807, 2.05) is 18.9 Å². The molecule has 0 bridgehead atoms. The summed E-state index contributed by atoms with van der Waals surface area (Å²) in [5, 5.41) is 0.928. The van der Waals surface area contributed by atoms with Crippen LogP contribution in [0.1, 0.15) is 40.4 Å². The number of thiazole rings is 1. The molecule has 1 saturated heterocycles. The van der Waals surface area contributed by atoms with Crippen molar-refractivity contribution in [3.8, 4) is 0 Å². The monoisotopic (exact) mass is 296 g/mol. The van der Waals surface area contributed by atoms with E-state index >= 15 is 0 Å². The van der Waals surface area contributed by atoms with Gasteiger partial charge in [-0.3, -0.25) is 4.79 Å². The fourth-order valence-corrected chi connectivity index (χ4v) is 3.78. The van der Waals surface area contributed by atoms with Crippen LogP contribution >= 0.6 is 11.3 Å². The first-order valence-electron chi connectivity index (χ1n) is 7.07. The normalized spacial score (nSPS) is 22.3. The molecule has 1 aromatic rings. The van der Waals surface area contributed by atoms with E-state index in [1.165, 1.54) is 11.3 Å². The molecular weight excluding hydrogens is 276 g/mol. The maximum atomic E-state index is 12.4. The van der Waals surface area contributed by atoms with Gasteiger partial charge in [-0.25, -0.2) is 4.98 Å². The van der Waals surface area contributed by atoms with Gasteiger partial charge in [0.15, 0.2) is 5.79 Å². The lowest BCUT2D eigenvalue weighted by molar-refractivity contribution is -0.182. The van der Waals surface area contributed by atoms with Gasteiger partial charge < -0.3 is 14.4 Å². The van der Waals surface area contributed by atoms with Gasteiger partial charge in [0.25, 0.3) is 5.91 Å². The molecular formula is C14H20N2O3S. The molecule has 1 aliphatic heterocycles. The van der Waals surface area contributed by atoms with Crippen molar-refractivity contribution in [3.05, 3.63) is 16.1 Å². The Balaban J connectivity index is 1.61. The van der Waals surface area contributed by atoms with Crippen molar-refractivity contribution in [2.45, 2.75) is 44.4 Å². The highest BCUT2D eigenvalue weighted by Crippen LogP contribution is 2.37. The van der Waals surface area contributed by atoms with Gasteiger partial charge in [-0.1, -0.05) is 0 Å². The van der Waals surface area contributed by atoms with Crippen molar-refractivity contribution in [2.75, 3.05) is 20.3 Å². The number of aryl methyl sites for hydroxylation is 1. The van der Waals surface area contributed by atoms with Crippen LogP contribution < -0.4 is 0 Å². The molecule has 5 nitrogen and oxygen atoms in total. The third kappa shape index (κ3) is 2.60. The Labute approximate surface area is 122 Å². The Morgan fingerprint density at radius 1 is 1.40 bits per heavy atom. The van der Waals surface area contributed by atoms with Gasteiger partial charge in [-0.05, 0) is 19.8 Å². The minimum absolute atomic E-state index is 0.0739. The molecule has 110 valence electrons. The van der Waals surface area contributed by atoms with Gasteiger partial charge >= 0.3 is 0 Å². The number of amides is 1. The summed E-state index contributed by atoms with van der Waals surface area (Å²) in [5.74, 6) is -0.286. The summed E-state index contributed by atoms with van der Waals surface area (Å²) in [6, 6.07) is 0.267. The van der Waals surface area contributed by atoms with E-state index in [0.717, 1.165) is 35.6 Å². The summed E-state index contributed by atoms with van der Waals surface area (Å²) >= 11 is 1.46. The minimum Gasteiger partial charge on any atom is -0.348 e. The molecule has 0 atom stereocenters. The summed E-state index contributed by atoms with van der Waals surface area (Å²) in [5.41, 5.74) is 0. The minimum atomic E-state index is -0.360. The Bertz CT molecular complexity index is 486. The second-order valence-electron chi connectivity index (χ2n) is 5.50. The van der Waals surface area contributed by atoms with Crippen LogP contribution in [0.5, 0.6) is 0 Å². The molecule has 6 heteroatoms. The molecule has 1 aliphatic carbocycles. The van der Waals surface area contributed by atoms with Crippen LogP contribution in [0.15, 0.2) is 6.20 Å². The van der Waals surface area contributed by atoms with E-state index < -0.39 is 0 Å². The van der Waals surface area contributed by atoms with Crippen molar-refractivity contribution < 1.29 is 14.3 Å². The van der Waals surface area contributed by atoms with Gasteiger partial charge in [-0.15, -0.1) is 11.3 Å². The van der Waals surface area contributed by atoms with Crippen LogP contribution in [0.2, 0.25) is 0 Å². The highest BCUT2D eigenvalue weighted by molar-refractivity contribution is 7.13. The van der Waals surface area contributed by atoms with E-state index in [0.29, 0.717) is 13.2 Å². The van der Waals surface area contributed by atoms with Gasteiger partial charge in [0.05, 0.1) is 24.4 Å². The lowest BCUT2D eigenvalue weighted by Gasteiger charge is -2.38. The molecule has 0 radical (unpaired) electrons. The van der Waals surface area contributed by atoms with Crippen LogP contribution in [0.4, 0.5) is 0 Å². The van der Waals surface area contributed by atoms with E-state index in [1.54, 1.807) is 6.20 Å². The van der Waals surface area contributed by atoms with Crippen molar-refractivity contribution in [1.29, 1.82) is 0 Å². The van der Waals surface area contributed by atoms with Gasteiger partial charge in [-0.2, -0.15) is 0 Å². The first-order chi connectivity index (χ1) is 9.60. The van der Waals surface area contributed by atoms with E-state index in [9.17, 15) is 4.79 Å². The molecule has 2 heterocycles. The van der Waals surface area contributed by atoms with Crippen molar-refractivity contribution >= 4 is 17.2 Å². The van der Waals surface area contributed by atoms with Crippen LogP contribution in [0.25, 0.3) is 0 Å². The predicted molar refractivity (Wildman–Crippen MR) is 75.8 cm³/mol. The molecule has 0 unspecified atom stereocenters. The number of rotatable bonds is 2. The summed E-state index contributed by atoms with van der Waals surface area (Å²) in [4.78, 5) is 19.1. The van der Waals surface area contributed by atoms with E-state index in [2.05, 4.69) is 4.98 Å². The second kappa shape index (κ2) is 5.42.